The zero-order valence-electron chi connectivity index (χ0n) is 22.5. The van der Waals surface area contributed by atoms with Crippen LogP contribution in [0.2, 0.25) is 5.02 Å². The summed E-state index contributed by atoms with van der Waals surface area (Å²) < 4.78 is 22.7. The lowest BCUT2D eigenvalue weighted by atomic mass is 9.96. The number of nitrogens with one attached hydrogen (secondary N) is 2. The molecular formula is C31H34ClFN6O. The quantitative estimate of drug-likeness (QED) is 0.313. The lowest BCUT2D eigenvalue weighted by Crippen LogP contribution is -2.51. The van der Waals surface area contributed by atoms with Crippen LogP contribution in [0.1, 0.15) is 19.3 Å². The monoisotopic (exact) mass is 560 g/mol. The third-order valence-corrected chi connectivity index (χ3v) is 8.77. The fourth-order valence-corrected chi connectivity index (χ4v) is 6.81. The molecule has 0 amide bonds. The highest BCUT2D eigenvalue weighted by molar-refractivity contribution is 6.35. The summed E-state index contributed by atoms with van der Waals surface area (Å²) in [6, 6.07) is 16.7. The zero-order chi connectivity index (χ0) is 27.1. The minimum absolute atomic E-state index is 0.221. The fraction of sp³-hybridized carbons (Fsp3) is 0.419. The van der Waals surface area contributed by atoms with E-state index in [1.807, 2.05) is 48.5 Å². The van der Waals surface area contributed by atoms with Crippen LogP contribution in [0.15, 0.2) is 48.5 Å². The van der Waals surface area contributed by atoms with Crippen molar-refractivity contribution in [1.82, 2.24) is 25.5 Å². The number of aromatic nitrogens is 2. The van der Waals surface area contributed by atoms with E-state index in [-0.39, 0.29) is 11.5 Å². The first-order valence-corrected chi connectivity index (χ1v) is 14.8. The van der Waals surface area contributed by atoms with Crippen molar-refractivity contribution in [3.8, 4) is 17.1 Å². The molecule has 2 atom stereocenters. The summed E-state index contributed by atoms with van der Waals surface area (Å²) in [5, 5.41) is 10.0. The number of hydrogen-bond acceptors (Lipinski definition) is 7. The van der Waals surface area contributed by atoms with Crippen molar-refractivity contribution < 1.29 is 9.13 Å². The summed E-state index contributed by atoms with van der Waals surface area (Å²) in [5.74, 6) is 0.261. The van der Waals surface area contributed by atoms with Crippen molar-refractivity contribution in [3.63, 3.8) is 0 Å². The number of rotatable bonds is 7. The van der Waals surface area contributed by atoms with Gasteiger partial charge in [-0.25, -0.2) is 4.39 Å². The topological polar surface area (TPSA) is 65.6 Å². The summed E-state index contributed by atoms with van der Waals surface area (Å²) in [4.78, 5) is 14.2. The van der Waals surface area contributed by atoms with Gasteiger partial charge in [-0.1, -0.05) is 54.1 Å². The molecule has 3 aliphatic heterocycles. The van der Waals surface area contributed by atoms with Crippen molar-refractivity contribution in [2.24, 2.45) is 0 Å². The predicted molar refractivity (Wildman–Crippen MR) is 159 cm³/mol. The predicted octanol–water partition coefficient (Wildman–Crippen LogP) is 4.86. The largest absolute Gasteiger partial charge is 0.463 e. The molecule has 3 saturated heterocycles. The average Bonchev–Trinajstić information content (AvgIpc) is 3.33. The summed E-state index contributed by atoms with van der Waals surface area (Å²) in [6.45, 7) is 7.20. The molecule has 4 heterocycles. The number of nitrogens with zero attached hydrogens (tertiary/aromatic N) is 4. The van der Waals surface area contributed by atoms with Crippen LogP contribution in [0.5, 0.6) is 6.01 Å². The molecule has 3 aliphatic rings. The molecule has 1 aromatic heterocycles. The minimum Gasteiger partial charge on any atom is -0.463 e. The molecule has 208 valence electrons. The smallest absolute Gasteiger partial charge is 0.319 e. The molecular weight excluding hydrogens is 527 g/mol. The van der Waals surface area contributed by atoms with E-state index >= 15 is 4.39 Å². The third kappa shape index (κ3) is 4.98. The molecule has 0 unspecified atom stereocenters. The van der Waals surface area contributed by atoms with Crippen LogP contribution >= 0.6 is 11.6 Å². The van der Waals surface area contributed by atoms with Crippen molar-refractivity contribution in [2.75, 3.05) is 57.3 Å². The summed E-state index contributed by atoms with van der Waals surface area (Å²) >= 11 is 6.87. The molecule has 3 fully saturated rings. The molecule has 40 heavy (non-hydrogen) atoms. The van der Waals surface area contributed by atoms with Crippen molar-refractivity contribution in [1.29, 1.82) is 0 Å². The highest BCUT2D eigenvalue weighted by Crippen LogP contribution is 2.41. The van der Waals surface area contributed by atoms with E-state index in [0.717, 1.165) is 81.4 Å². The van der Waals surface area contributed by atoms with E-state index in [1.54, 1.807) is 0 Å². The summed E-state index contributed by atoms with van der Waals surface area (Å²) in [7, 11) is 0. The third-order valence-electron chi connectivity index (χ3n) is 8.48. The van der Waals surface area contributed by atoms with Gasteiger partial charge >= 0.3 is 6.01 Å². The highest BCUT2D eigenvalue weighted by Gasteiger charge is 2.34. The van der Waals surface area contributed by atoms with Crippen molar-refractivity contribution in [3.05, 3.63) is 59.4 Å². The fourth-order valence-electron chi connectivity index (χ4n) is 6.51. The van der Waals surface area contributed by atoms with Gasteiger partial charge in [0.1, 0.15) is 11.3 Å². The molecule has 4 aromatic rings. The first kappa shape index (κ1) is 25.9. The normalized spacial score (nSPS) is 21.4. The second kappa shape index (κ2) is 11.1. The van der Waals surface area contributed by atoms with Crippen LogP contribution in [0.3, 0.4) is 0 Å². The molecule has 7 nitrogen and oxygen atoms in total. The number of benzene rings is 3. The zero-order valence-corrected chi connectivity index (χ0v) is 23.3. The van der Waals surface area contributed by atoms with Crippen LogP contribution < -0.4 is 20.3 Å². The maximum Gasteiger partial charge on any atom is 0.319 e. The van der Waals surface area contributed by atoms with Crippen molar-refractivity contribution >= 4 is 39.1 Å². The second-order valence-electron chi connectivity index (χ2n) is 11.1. The Morgan fingerprint density at radius 2 is 1.75 bits per heavy atom. The molecule has 9 heteroatoms. The van der Waals surface area contributed by atoms with Gasteiger partial charge in [-0.15, -0.1) is 0 Å². The molecule has 2 bridgehead atoms. The van der Waals surface area contributed by atoms with Crippen LogP contribution in [0.25, 0.3) is 32.8 Å². The van der Waals surface area contributed by atoms with E-state index in [2.05, 4.69) is 25.4 Å². The molecule has 2 N–H and O–H groups in total. The van der Waals surface area contributed by atoms with Gasteiger partial charge < -0.3 is 25.2 Å². The number of halogens is 2. The lowest BCUT2D eigenvalue weighted by molar-refractivity contribution is 0.209. The number of fused-ring (bicyclic) bond motifs is 4. The van der Waals surface area contributed by atoms with Gasteiger partial charge in [0.25, 0.3) is 0 Å². The van der Waals surface area contributed by atoms with Gasteiger partial charge in [0.2, 0.25) is 0 Å². The van der Waals surface area contributed by atoms with E-state index in [4.69, 9.17) is 21.3 Å². The van der Waals surface area contributed by atoms with Gasteiger partial charge in [0, 0.05) is 68.8 Å². The number of anilines is 1. The van der Waals surface area contributed by atoms with E-state index < -0.39 is 5.82 Å². The number of ether oxygens (including phenoxy) is 1. The Morgan fingerprint density at radius 3 is 2.58 bits per heavy atom. The molecule has 0 spiro atoms. The maximum atomic E-state index is 16.6. The standard InChI is InChI=1S/C31H34ClFN6O/c32-26-17-25-29(28(33)27(26)24-8-3-6-20-5-1-2-7-23(20)24)36-31(40-16-4-13-38-14-11-34-12-15-38)37-30(25)39-18-21-9-10-22(19-39)35-21/h1-3,5-8,17,21-22,34-35H,4,9-16,18-19H2/t21-,22+. The van der Waals surface area contributed by atoms with Crippen LogP contribution in [0, 0.1) is 5.82 Å². The molecule has 0 saturated carbocycles. The number of piperazine rings is 2. The van der Waals surface area contributed by atoms with Crippen LogP contribution in [-0.2, 0) is 0 Å². The van der Waals surface area contributed by atoms with Crippen LogP contribution in [-0.4, -0.2) is 79.4 Å². The second-order valence-corrected chi connectivity index (χ2v) is 11.5. The Kier molecular flexibility index (Phi) is 7.18. The average molecular weight is 561 g/mol. The first-order chi connectivity index (χ1) is 19.6. The Morgan fingerprint density at radius 1 is 0.975 bits per heavy atom. The van der Waals surface area contributed by atoms with Crippen LogP contribution in [0.4, 0.5) is 10.2 Å². The Labute approximate surface area is 238 Å². The molecule has 7 rings (SSSR count). The van der Waals surface area contributed by atoms with Gasteiger partial charge in [0.05, 0.1) is 11.6 Å². The summed E-state index contributed by atoms with van der Waals surface area (Å²) in [6.07, 6.45) is 3.14. The Balaban J connectivity index is 1.28. The maximum absolute atomic E-state index is 16.6. The van der Waals surface area contributed by atoms with Crippen molar-refractivity contribution in [2.45, 2.75) is 31.3 Å². The molecule has 0 radical (unpaired) electrons. The summed E-state index contributed by atoms with van der Waals surface area (Å²) in [5.41, 5.74) is 1.36. The van der Waals surface area contributed by atoms with E-state index in [9.17, 15) is 0 Å². The number of hydrogen-bond donors (Lipinski definition) is 2. The SMILES string of the molecule is Fc1c(-c2cccc3ccccc23)c(Cl)cc2c(N3C[C@H]4CC[C@@H](C3)N4)nc(OCCCN3CCNCC3)nc12. The Bertz CT molecular complexity index is 1530. The molecule has 3 aromatic carbocycles. The van der Waals surface area contributed by atoms with E-state index in [0.29, 0.717) is 40.5 Å². The van der Waals surface area contributed by atoms with Gasteiger partial charge in [-0.3, -0.25) is 0 Å². The van der Waals surface area contributed by atoms with Gasteiger partial charge in [-0.05, 0) is 41.7 Å². The Hall–Kier alpha value is -3.04. The van der Waals surface area contributed by atoms with E-state index in [1.165, 1.54) is 0 Å². The van der Waals surface area contributed by atoms with Gasteiger partial charge in [-0.2, -0.15) is 9.97 Å². The molecule has 0 aliphatic carbocycles. The van der Waals surface area contributed by atoms with Gasteiger partial charge in [0.15, 0.2) is 5.82 Å². The lowest BCUT2D eigenvalue weighted by Gasteiger charge is -2.34. The first-order valence-electron chi connectivity index (χ1n) is 14.4. The highest BCUT2D eigenvalue weighted by atomic mass is 35.5. The minimum atomic E-state index is -0.439.